The lowest BCUT2D eigenvalue weighted by molar-refractivity contribution is -0.157. The number of carbonyl (C=O) groups is 3. The van der Waals surface area contributed by atoms with Crippen molar-refractivity contribution in [3.05, 3.63) is 63.7 Å². The highest BCUT2D eigenvalue weighted by Gasteiger charge is 2.39. The second-order valence-electron chi connectivity index (χ2n) is 8.50. The minimum Gasteiger partial charge on any atom is -0.370 e. The second-order valence-corrected chi connectivity index (χ2v) is 8.50. The first-order valence-corrected chi connectivity index (χ1v) is 11.6. The number of halogens is 9. The van der Waals surface area contributed by atoms with Crippen LogP contribution in [0, 0.1) is 0 Å². The zero-order valence-electron chi connectivity index (χ0n) is 21.4. The van der Waals surface area contributed by atoms with E-state index in [1.807, 2.05) is 5.32 Å². The van der Waals surface area contributed by atoms with Crippen LogP contribution in [0.4, 0.5) is 45.2 Å². The maximum atomic E-state index is 13.4. The zero-order chi connectivity index (χ0) is 32.0. The van der Waals surface area contributed by atoms with E-state index < -0.39 is 101 Å². The number of guanidine groups is 1. The number of benzene rings is 2. The molecular formula is C24H22F9N5O4. The fourth-order valence-electron chi connectivity index (χ4n) is 3.61. The van der Waals surface area contributed by atoms with Gasteiger partial charge in [-0.05, 0) is 54.3 Å². The average molecular weight is 615 g/mol. The van der Waals surface area contributed by atoms with E-state index in [-0.39, 0.29) is 12.5 Å². The maximum absolute atomic E-state index is 13.4. The number of nitrogens with zero attached hydrogens (tertiary/aromatic N) is 1. The summed E-state index contributed by atoms with van der Waals surface area (Å²) >= 11 is 0. The summed E-state index contributed by atoms with van der Waals surface area (Å²) in [5.74, 6) is -4.20. The lowest BCUT2D eigenvalue weighted by Gasteiger charge is -2.19. The van der Waals surface area contributed by atoms with E-state index in [2.05, 4.69) is 9.83 Å². The highest BCUT2D eigenvalue weighted by atomic mass is 19.4. The smallest absolute Gasteiger partial charge is 0.370 e. The molecule has 6 N–H and O–H groups in total. The molecule has 0 aliphatic rings. The van der Waals surface area contributed by atoms with Crippen molar-refractivity contribution in [3.8, 4) is 0 Å². The van der Waals surface area contributed by atoms with Crippen molar-refractivity contribution in [2.24, 2.45) is 16.5 Å². The first-order chi connectivity index (χ1) is 19.2. The standard InChI is InChI=1S/C24H22F9N5O4/c1-2-16-11(5-14(23(28,29)30)9-17(16)24(31,32)33)3-4-19(40)42-38-18(39)10-36-20(41)12-6-13(22(25,26)27)8-15(7-12)37-21(34)35/h5-9H,2-4,10H2,1H3,(H,36,41)(H,38,39)(H4,34,35,37). The number of rotatable bonds is 8. The number of amides is 2. The van der Waals surface area contributed by atoms with Crippen molar-refractivity contribution in [3.63, 3.8) is 0 Å². The predicted octanol–water partition coefficient (Wildman–Crippen LogP) is 4.15. The molecule has 9 nitrogen and oxygen atoms in total. The monoisotopic (exact) mass is 615 g/mol. The fourth-order valence-corrected chi connectivity index (χ4v) is 3.61. The topological polar surface area (TPSA) is 149 Å². The van der Waals surface area contributed by atoms with Gasteiger partial charge in [0.05, 0.1) is 35.3 Å². The van der Waals surface area contributed by atoms with E-state index in [1.54, 1.807) is 5.48 Å². The van der Waals surface area contributed by atoms with Crippen molar-refractivity contribution in [1.82, 2.24) is 10.8 Å². The Hall–Kier alpha value is -4.51. The Morgan fingerprint density at radius 3 is 1.98 bits per heavy atom. The number of hydroxylamine groups is 1. The molecule has 0 radical (unpaired) electrons. The van der Waals surface area contributed by atoms with E-state index in [4.69, 9.17) is 11.5 Å². The van der Waals surface area contributed by atoms with Gasteiger partial charge in [-0.3, -0.25) is 9.59 Å². The van der Waals surface area contributed by atoms with Crippen LogP contribution in [-0.4, -0.2) is 30.3 Å². The van der Waals surface area contributed by atoms with Crippen molar-refractivity contribution < 1.29 is 58.7 Å². The Labute approximate surface area is 231 Å². The minimum atomic E-state index is -5.10. The van der Waals surface area contributed by atoms with Gasteiger partial charge in [-0.15, -0.1) is 0 Å². The van der Waals surface area contributed by atoms with Crippen molar-refractivity contribution in [1.29, 1.82) is 0 Å². The summed E-state index contributed by atoms with van der Waals surface area (Å²) in [6.07, 6.45) is -16.7. The molecule has 18 heteroatoms. The van der Waals surface area contributed by atoms with Crippen molar-refractivity contribution >= 4 is 29.4 Å². The molecule has 230 valence electrons. The van der Waals surface area contributed by atoms with Crippen LogP contribution in [0.5, 0.6) is 0 Å². The average Bonchev–Trinajstić information content (AvgIpc) is 2.86. The van der Waals surface area contributed by atoms with Crippen LogP contribution in [-0.2, 0) is 45.8 Å². The number of nitrogens with two attached hydrogens (primary N) is 2. The first-order valence-electron chi connectivity index (χ1n) is 11.6. The number of alkyl halides is 9. The third-order valence-electron chi connectivity index (χ3n) is 5.38. The summed E-state index contributed by atoms with van der Waals surface area (Å²) in [5.41, 5.74) is 5.69. The number of hydrogen-bond acceptors (Lipinski definition) is 5. The number of aryl methyl sites for hydroxylation is 1. The van der Waals surface area contributed by atoms with Crippen LogP contribution in [0.25, 0.3) is 0 Å². The van der Waals surface area contributed by atoms with E-state index in [1.165, 1.54) is 6.92 Å². The molecule has 0 aliphatic carbocycles. The van der Waals surface area contributed by atoms with E-state index >= 15 is 0 Å². The Balaban J connectivity index is 2.03. The number of carbonyl (C=O) groups excluding carboxylic acids is 3. The van der Waals surface area contributed by atoms with E-state index in [9.17, 15) is 53.9 Å². The fraction of sp³-hybridized carbons (Fsp3) is 0.333. The molecular weight excluding hydrogens is 593 g/mol. The van der Waals surface area contributed by atoms with Crippen LogP contribution in [0.2, 0.25) is 0 Å². The lowest BCUT2D eigenvalue weighted by atomic mass is 9.92. The van der Waals surface area contributed by atoms with Crippen LogP contribution in [0.15, 0.2) is 35.3 Å². The Morgan fingerprint density at radius 1 is 0.857 bits per heavy atom. The van der Waals surface area contributed by atoms with Gasteiger partial charge in [-0.2, -0.15) is 45.0 Å². The number of aliphatic imine (C=N–C) groups is 1. The lowest BCUT2D eigenvalue weighted by Crippen LogP contribution is -2.38. The quantitative estimate of drug-likeness (QED) is 0.152. The molecule has 42 heavy (non-hydrogen) atoms. The van der Waals surface area contributed by atoms with Crippen LogP contribution < -0.4 is 22.3 Å². The Kier molecular flexibility index (Phi) is 10.4. The van der Waals surface area contributed by atoms with E-state index in [0.29, 0.717) is 18.2 Å². The molecule has 2 aromatic carbocycles. The molecule has 0 atom stereocenters. The van der Waals surface area contributed by atoms with Gasteiger partial charge in [-0.25, -0.2) is 9.79 Å². The Bertz CT molecular complexity index is 1370. The molecule has 0 saturated carbocycles. The van der Waals surface area contributed by atoms with Gasteiger partial charge in [0.25, 0.3) is 11.8 Å². The number of hydrogen-bond donors (Lipinski definition) is 4. The highest BCUT2D eigenvalue weighted by molar-refractivity contribution is 5.97. The summed E-state index contributed by atoms with van der Waals surface area (Å²) in [4.78, 5) is 44.1. The van der Waals surface area contributed by atoms with Crippen LogP contribution in [0.1, 0.15) is 51.5 Å². The normalized spacial score (nSPS) is 12.0. The van der Waals surface area contributed by atoms with Gasteiger partial charge < -0.3 is 21.6 Å². The molecule has 0 saturated heterocycles. The molecule has 0 aromatic heterocycles. The first kappa shape index (κ1) is 33.7. The largest absolute Gasteiger partial charge is 0.416 e. The highest BCUT2D eigenvalue weighted by Crippen LogP contribution is 2.39. The molecule has 2 rings (SSSR count). The third-order valence-corrected chi connectivity index (χ3v) is 5.38. The molecule has 0 fully saturated rings. The van der Waals surface area contributed by atoms with Gasteiger partial charge in [0.2, 0.25) is 0 Å². The van der Waals surface area contributed by atoms with Gasteiger partial charge in [0.15, 0.2) is 5.96 Å². The summed E-state index contributed by atoms with van der Waals surface area (Å²) in [5, 5.41) is 1.96. The summed E-state index contributed by atoms with van der Waals surface area (Å²) in [6, 6.07) is 2.39. The van der Waals surface area contributed by atoms with Gasteiger partial charge in [0.1, 0.15) is 0 Å². The zero-order valence-corrected chi connectivity index (χ0v) is 21.4. The van der Waals surface area contributed by atoms with Crippen LogP contribution in [0.3, 0.4) is 0 Å². The maximum Gasteiger partial charge on any atom is 0.416 e. The molecule has 0 spiro atoms. The Morgan fingerprint density at radius 2 is 1.45 bits per heavy atom. The minimum absolute atomic E-state index is 0.0176. The van der Waals surface area contributed by atoms with Gasteiger partial charge in [0, 0.05) is 5.56 Å². The van der Waals surface area contributed by atoms with E-state index in [0.717, 1.165) is 6.07 Å². The second kappa shape index (κ2) is 13.0. The molecule has 0 unspecified atom stereocenters. The van der Waals surface area contributed by atoms with Crippen molar-refractivity contribution in [2.45, 2.75) is 44.7 Å². The van der Waals surface area contributed by atoms with Gasteiger partial charge in [-0.1, -0.05) is 6.92 Å². The predicted molar refractivity (Wildman–Crippen MR) is 128 cm³/mol. The molecule has 2 amide bonds. The summed E-state index contributed by atoms with van der Waals surface area (Å²) in [7, 11) is 0. The molecule has 0 heterocycles. The summed E-state index contributed by atoms with van der Waals surface area (Å²) < 4.78 is 119. The number of nitrogens with one attached hydrogen (secondary N) is 2. The van der Waals surface area contributed by atoms with Gasteiger partial charge >= 0.3 is 24.5 Å². The summed E-state index contributed by atoms with van der Waals surface area (Å²) in [6.45, 7) is 0.373. The third kappa shape index (κ3) is 9.55. The van der Waals surface area contributed by atoms with Crippen molar-refractivity contribution in [2.75, 3.05) is 6.54 Å². The molecule has 0 aliphatic heterocycles. The molecule has 0 bridgehead atoms. The molecule has 2 aromatic rings. The van der Waals surface area contributed by atoms with Crippen LogP contribution >= 0.6 is 0 Å². The SMILES string of the molecule is CCc1c(CCC(=O)ONC(=O)CNC(=O)c2cc(N=C(N)N)cc(C(F)(F)F)c2)cc(C(F)(F)F)cc1C(F)(F)F.